The zero-order valence-corrected chi connectivity index (χ0v) is 20.6. The van der Waals surface area contributed by atoms with Crippen molar-refractivity contribution in [2.45, 2.75) is 78.2 Å². The fourth-order valence-electron chi connectivity index (χ4n) is 5.22. The van der Waals surface area contributed by atoms with Crippen molar-refractivity contribution >= 4 is 0 Å². The lowest BCUT2D eigenvalue weighted by molar-refractivity contribution is 0.162. The van der Waals surface area contributed by atoms with E-state index in [1.54, 1.807) is 0 Å². The van der Waals surface area contributed by atoms with Crippen molar-refractivity contribution < 1.29 is 0 Å². The van der Waals surface area contributed by atoms with Gasteiger partial charge in [0.05, 0.1) is 11.4 Å². The van der Waals surface area contributed by atoms with Gasteiger partial charge < -0.3 is 5.32 Å². The van der Waals surface area contributed by atoms with E-state index in [1.165, 1.54) is 11.3 Å². The van der Waals surface area contributed by atoms with Gasteiger partial charge in [0, 0.05) is 47.1 Å². The first-order valence-corrected chi connectivity index (χ1v) is 11.8. The molecule has 170 valence electrons. The van der Waals surface area contributed by atoms with Gasteiger partial charge in [-0.15, -0.1) is 0 Å². The molecule has 1 aliphatic rings. The molecule has 32 heavy (non-hydrogen) atoms. The van der Waals surface area contributed by atoms with Gasteiger partial charge in [-0.25, -0.2) is 0 Å². The van der Waals surface area contributed by atoms with E-state index in [0.717, 1.165) is 42.3 Å². The van der Waals surface area contributed by atoms with Crippen molar-refractivity contribution in [1.29, 1.82) is 0 Å². The van der Waals surface area contributed by atoms with Crippen LogP contribution in [0.25, 0.3) is 11.4 Å². The van der Waals surface area contributed by atoms with Gasteiger partial charge in [0.1, 0.15) is 5.69 Å². The Morgan fingerprint density at radius 2 is 1.88 bits per heavy atom. The number of aromatic nitrogens is 4. The topological polar surface area (TPSA) is 66.5 Å². The molecule has 0 saturated heterocycles. The van der Waals surface area contributed by atoms with E-state index in [0.29, 0.717) is 5.92 Å². The number of H-pyrrole nitrogens is 1. The van der Waals surface area contributed by atoms with Crippen molar-refractivity contribution in [2.24, 2.45) is 5.41 Å². The number of nitrogens with one attached hydrogen (secondary N) is 2. The number of aromatic amines is 1. The first kappa shape index (κ1) is 22.7. The highest BCUT2D eigenvalue weighted by Crippen LogP contribution is 2.60. The summed E-state index contributed by atoms with van der Waals surface area (Å²) < 4.78 is 0. The summed E-state index contributed by atoms with van der Waals surface area (Å²) in [4.78, 5) is 9.51. The van der Waals surface area contributed by atoms with E-state index >= 15 is 0 Å². The highest BCUT2D eigenvalue weighted by Gasteiger charge is 2.54. The zero-order valence-electron chi connectivity index (χ0n) is 20.6. The Bertz CT molecular complexity index is 1080. The third kappa shape index (κ3) is 3.57. The highest BCUT2D eigenvalue weighted by molar-refractivity contribution is 5.65. The molecule has 0 aliphatic heterocycles. The number of hydrogen-bond acceptors (Lipinski definition) is 4. The van der Waals surface area contributed by atoms with Crippen molar-refractivity contribution in [3.63, 3.8) is 0 Å². The Morgan fingerprint density at radius 1 is 1.09 bits per heavy atom. The van der Waals surface area contributed by atoms with Crippen LogP contribution in [0.1, 0.15) is 83.5 Å². The molecular formula is C27H37N5. The Balaban J connectivity index is 1.60. The Labute approximate surface area is 192 Å². The van der Waals surface area contributed by atoms with Crippen LogP contribution in [-0.4, -0.2) is 26.7 Å². The monoisotopic (exact) mass is 431 g/mol. The minimum atomic E-state index is -0.118. The Morgan fingerprint density at radius 3 is 2.56 bits per heavy atom. The number of pyridine rings is 2. The molecule has 2 N–H and O–H groups in total. The summed E-state index contributed by atoms with van der Waals surface area (Å²) in [6.07, 6.45) is 2.92. The zero-order chi connectivity index (χ0) is 23.1. The van der Waals surface area contributed by atoms with Crippen molar-refractivity contribution in [3.05, 3.63) is 65.2 Å². The molecule has 1 aliphatic carbocycles. The van der Waals surface area contributed by atoms with Crippen LogP contribution in [0.4, 0.5) is 0 Å². The Hall–Kier alpha value is -2.53. The lowest BCUT2D eigenvalue weighted by Crippen LogP contribution is -2.37. The number of fused-ring (bicyclic) bond motifs is 1. The van der Waals surface area contributed by atoms with Gasteiger partial charge in [0.2, 0.25) is 0 Å². The molecule has 0 saturated carbocycles. The van der Waals surface area contributed by atoms with Gasteiger partial charge >= 0.3 is 0 Å². The van der Waals surface area contributed by atoms with Gasteiger partial charge in [-0.1, -0.05) is 60.6 Å². The quantitative estimate of drug-likeness (QED) is 0.500. The molecule has 5 nitrogen and oxygen atoms in total. The summed E-state index contributed by atoms with van der Waals surface area (Å²) in [7, 11) is 0. The minimum absolute atomic E-state index is 0.0826. The molecule has 3 aromatic heterocycles. The summed E-state index contributed by atoms with van der Waals surface area (Å²) in [6.45, 7) is 17.8. The molecule has 3 heterocycles. The normalized spacial score (nSPS) is 22.2. The van der Waals surface area contributed by atoms with Crippen LogP contribution in [0.15, 0.2) is 42.6 Å². The molecule has 0 radical (unpaired) electrons. The second kappa shape index (κ2) is 8.11. The SMILES string of the molecule is CCC1(C)c2[nH]nc(-c3cccc(C(C)(C)CNCc4ccccn4)n3)c2C(C)C1(C)C. The molecule has 2 unspecified atom stereocenters. The van der Waals surface area contributed by atoms with Crippen LogP contribution in [0.2, 0.25) is 0 Å². The van der Waals surface area contributed by atoms with E-state index in [9.17, 15) is 0 Å². The molecule has 0 amide bonds. The summed E-state index contributed by atoms with van der Waals surface area (Å²) in [5.41, 5.74) is 6.85. The molecule has 0 aromatic carbocycles. The maximum atomic E-state index is 5.11. The number of rotatable bonds is 7. The van der Waals surface area contributed by atoms with Crippen LogP contribution >= 0.6 is 0 Å². The predicted octanol–water partition coefficient (Wildman–Crippen LogP) is 5.75. The summed E-state index contributed by atoms with van der Waals surface area (Å²) in [5.74, 6) is 0.412. The predicted molar refractivity (Wildman–Crippen MR) is 131 cm³/mol. The average Bonchev–Trinajstić information content (AvgIpc) is 3.29. The minimum Gasteiger partial charge on any atom is -0.310 e. The van der Waals surface area contributed by atoms with Gasteiger partial charge in [0.15, 0.2) is 0 Å². The third-order valence-corrected chi connectivity index (χ3v) is 8.28. The standard InChI is InChI=1S/C27H37N5/c1-8-27(7)24-22(18(2)26(27,5)6)23(31-32-24)20-13-11-14-21(30-20)25(3,4)17-28-16-19-12-9-10-15-29-19/h9-15,18,28H,8,16-17H2,1-7H3,(H,31,32). The third-order valence-electron chi connectivity index (χ3n) is 8.28. The van der Waals surface area contributed by atoms with Crippen molar-refractivity contribution in [1.82, 2.24) is 25.5 Å². The van der Waals surface area contributed by atoms with E-state index in [2.05, 4.69) is 82.1 Å². The van der Waals surface area contributed by atoms with Gasteiger partial charge in [-0.2, -0.15) is 5.10 Å². The van der Waals surface area contributed by atoms with Crippen LogP contribution in [0.3, 0.4) is 0 Å². The van der Waals surface area contributed by atoms with Crippen LogP contribution in [0, 0.1) is 5.41 Å². The molecule has 0 fully saturated rings. The summed E-state index contributed by atoms with van der Waals surface area (Å²) >= 11 is 0. The van der Waals surface area contributed by atoms with E-state index in [-0.39, 0.29) is 16.2 Å². The number of nitrogens with zero attached hydrogens (tertiary/aromatic N) is 3. The van der Waals surface area contributed by atoms with Crippen LogP contribution < -0.4 is 5.32 Å². The largest absolute Gasteiger partial charge is 0.310 e. The second-order valence-corrected chi connectivity index (χ2v) is 10.7. The van der Waals surface area contributed by atoms with E-state index < -0.39 is 0 Å². The second-order valence-electron chi connectivity index (χ2n) is 10.7. The molecular weight excluding hydrogens is 394 g/mol. The van der Waals surface area contributed by atoms with E-state index in [1.807, 2.05) is 24.4 Å². The molecule has 0 bridgehead atoms. The average molecular weight is 432 g/mol. The molecule has 5 heteroatoms. The van der Waals surface area contributed by atoms with Crippen molar-refractivity contribution in [2.75, 3.05) is 6.54 Å². The lowest BCUT2D eigenvalue weighted by atomic mass is 9.63. The maximum absolute atomic E-state index is 5.11. The molecule has 0 spiro atoms. The maximum Gasteiger partial charge on any atom is 0.114 e. The van der Waals surface area contributed by atoms with Gasteiger partial charge in [-0.05, 0) is 42.0 Å². The smallest absolute Gasteiger partial charge is 0.114 e. The molecule has 2 atom stereocenters. The molecule has 4 rings (SSSR count). The fraction of sp³-hybridized carbons (Fsp3) is 0.519. The number of hydrogen-bond donors (Lipinski definition) is 2. The Kier molecular flexibility index (Phi) is 5.74. The first-order valence-electron chi connectivity index (χ1n) is 11.8. The van der Waals surface area contributed by atoms with Gasteiger partial charge in [0.25, 0.3) is 0 Å². The van der Waals surface area contributed by atoms with E-state index in [4.69, 9.17) is 10.1 Å². The highest BCUT2D eigenvalue weighted by atomic mass is 15.1. The fourth-order valence-corrected chi connectivity index (χ4v) is 5.22. The lowest BCUT2D eigenvalue weighted by Gasteiger charge is -2.40. The van der Waals surface area contributed by atoms with Gasteiger partial charge in [-0.3, -0.25) is 15.1 Å². The first-order chi connectivity index (χ1) is 15.1. The van der Waals surface area contributed by atoms with Crippen molar-refractivity contribution in [3.8, 4) is 11.4 Å². The molecule has 3 aromatic rings. The van der Waals surface area contributed by atoms with Crippen LogP contribution in [0.5, 0.6) is 0 Å². The summed E-state index contributed by atoms with van der Waals surface area (Å²) in [5, 5.41) is 11.7. The van der Waals surface area contributed by atoms with Crippen LogP contribution in [-0.2, 0) is 17.4 Å². The summed E-state index contributed by atoms with van der Waals surface area (Å²) in [6, 6.07) is 12.3.